The molecule has 0 fully saturated rings. The van der Waals surface area contributed by atoms with Gasteiger partial charge in [-0.3, -0.25) is 4.79 Å². The second-order valence-corrected chi connectivity index (χ2v) is 7.69. The van der Waals surface area contributed by atoms with Gasteiger partial charge in [0.1, 0.15) is 30.4 Å². The van der Waals surface area contributed by atoms with Crippen LogP contribution in [0, 0.1) is 6.92 Å². The van der Waals surface area contributed by atoms with Gasteiger partial charge in [0, 0.05) is 6.42 Å². The van der Waals surface area contributed by atoms with Gasteiger partial charge in [-0.2, -0.15) is 0 Å². The number of benzene rings is 2. The van der Waals surface area contributed by atoms with Crippen molar-refractivity contribution in [1.82, 2.24) is 4.98 Å². The van der Waals surface area contributed by atoms with E-state index in [4.69, 9.17) is 23.1 Å². The highest BCUT2D eigenvalue weighted by atomic mass is 16.6. The Morgan fingerprint density at radius 2 is 1.77 bits per heavy atom. The molecule has 8 heteroatoms. The Hall–Kier alpha value is -4.33. The van der Waals surface area contributed by atoms with Crippen LogP contribution in [0.4, 0.5) is 0 Å². The van der Waals surface area contributed by atoms with Crippen molar-refractivity contribution in [3.05, 3.63) is 95.6 Å². The lowest BCUT2D eigenvalue weighted by atomic mass is 10.1. The number of oxime groups is 1. The average Bonchev–Trinajstić information content (AvgIpc) is 3.56. The third-order valence-corrected chi connectivity index (χ3v) is 5.23. The molecule has 0 aliphatic carbocycles. The average molecular weight is 475 g/mol. The monoisotopic (exact) mass is 474 g/mol. The van der Waals surface area contributed by atoms with Gasteiger partial charge in [-0.05, 0) is 42.3 Å². The fourth-order valence-corrected chi connectivity index (χ4v) is 3.28. The Kier molecular flexibility index (Phi) is 7.96. The molecule has 0 spiro atoms. The smallest absolute Gasteiger partial charge is 0.305 e. The molecule has 2 aromatic heterocycles. The third kappa shape index (κ3) is 6.60. The molecule has 0 unspecified atom stereocenters. The van der Waals surface area contributed by atoms with Gasteiger partial charge in [-0.15, -0.1) is 0 Å². The zero-order chi connectivity index (χ0) is 24.5. The van der Waals surface area contributed by atoms with E-state index in [0.29, 0.717) is 41.0 Å². The normalized spacial score (nSPS) is 11.3. The van der Waals surface area contributed by atoms with Crippen LogP contribution in [0.2, 0.25) is 0 Å². The number of hydrogen-bond donors (Lipinski definition) is 0. The van der Waals surface area contributed by atoms with Gasteiger partial charge in [0.15, 0.2) is 5.76 Å². The number of esters is 1. The van der Waals surface area contributed by atoms with Crippen LogP contribution in [0.1, 0.15) is 35.4 Å². The fourth-order valence-electron chi connectivity index (χ4n) is 3.28. The number of nitrogens with zero attached hydrogens (tertiary/aromatic N) is 2. The number of rotatable bonds is 11. The lowest BCUT2D eigenvalue weighted by Gasteiger charge is -2.08. The van der Waals surface area contributed by atoms with Crippen LogP contribution >= 0.6 is 0 Å². The maximum Gasteiger partial charge on any atom is 0.305 e. The van der Waals surface area contributed by atoms with E-state index in [0.717, 1.165) is 11.1 Å². The Balaban J connectivity index is 1.32. The largest absolute Gasteiger partial charge is 0.487 e. The number of carbonyl (C=O) groups excluding carboxylic acids is 1. The molecule has 0 aliphatic rings. The Morgan fingerprint density at radius 3 is 2.49 bits per heavy atom. The summed E-state index contributed by atoms with van der Waals surface area (Å²) >= 11 is 0. The molecule has 0 aliphatic heterocycles. The molecule has 2 aromatic carbocycles. The number of methoxy groups -OCH3 is 1. The summed E-state index contributed by atoms with van der Waals surface area (Å²) in [6.45, 7) is 2.40. The summed E-state index contributed by atoms with van der Waals surface area (Å²) in [6, 6.07) is 20.7. The number of aromatic nitrogens is 1. The predicted molar refractivity (Wildman–Crippen MR) is 129 cm³/mol. The highest BCUT2D eigenvalue weighted by molar-refractivity contribution is 6.01. The van der Waals surface area contributed by atoms with Crippen LogP contribution in [-0.2, 0) is 27.6 Å². The van der Waals surface area contributed by atoms with Crippen LogP contribution in [0.15, 0.2) is 87.0 Å². The fraction of sp³-hybridized carbons (Fsp3) is 0.222. The van der Waals surface area contributed by atoms with Gasteiger partial charge >= 0.3 is 5.97 Å². The van der Waals surface area contributed by atoms with Crippen LogP contribution < -0.4 is 4.74 Å². The summed E-state index contributed by atoms with van der Waals surface area (Å²) in [4.78, 5) is 21.6. The number of aryl methyl sites for hydroxylation is 1. The number of ether oxygens (including phenoxy) is 2. The first kappa shape index (κ1) is 23.8. The zero-order valence-electron chi connectivity index (χ0n) is 19.6. The van der Waals surface area contributed by atoms with Crippen LogP contribution in [0.25, 0.3) is 11.7 Å². The third-order valence-electron chi connectivity index (χ3n) is 5.23. The summed E-state index contributed by atoms with van der Waals surface area (Å²) in [5.41, 5.74) is 3.23. The number of hydrogen-bond acceptors (Lipinski definition) is 8. The molecule has 0 bridgehead atoms. The molecule has 2 heterocycles. The molecule has 0 N–H and O–H groups in total. The van der Waals surface area contributed by atoms with Crippen molar-refractivity contribution in [2.75, 3.05) is 7.11 Å². The lowest BCUT2D eigenvalue weighted by Crippen LogP contribution is -2.08. The summed E-state index contributed by atoms with van der Waals surface area (Å²) in [7, 11) is 1.37. The Morgan fingerprint density at radius 1 is 0.971 bits per heavy atom. The predicted octanol–water partition coefficient (Wildman–Crippen LogP) is 5.70. The van der Waals surface area contributed by atoms with E-state index in [1.165, 1.54) is 7.11 Å². The first-order chi connectivity index (χ1) is 17.1. The molecular weight excluding hydrogens is 448 g/mol. The molecule has 180 valence electrons. The van der Waals surface area contributed by atoms with Crippen LogP contribution in [0.5, 0.6) is 5.75 Å². The quantitative estimate of drug-likeness (QED) is 0.156. The van der Waals surface area contributed by atoms with E-state index in [1.807, 2.05) is 61.5 Å². The minimum atomic E-state index is -0.290. The highest BCUT2D eigenvalue weighted by Crippen LogP contribution is 2.23. The second kappa shape index (κ2) is 11.7. The van der Waals surface area contributed by atoms with Gasteiger partial charge in [0.25, 0.3) is 5.89 Å². The SMILES string of the molecule is COC(=O)CCC(=NOCc1ccc(OCc2nc(-c3ccco3)oc2C)cc1)c1ccccc1. The van der Waals surface area contributed by atoms with Gasteiger partial charge in [-0.25, -0.2) is 4.98 Å². The van der Waals surface area contributed by atoms with Crippen LogP contribution in [0.3, 0.4) is 0 Å². The van der Waals surface area contributed by atoms with E-state index >= 15 is 0 Å². The molecule has 0 saturated heterocycles. The van der Waals surface area contributed by atoms with Gasteiger partial charge in [0.05, 0.1) is 25.5 Å². The molecule has 35 heavy (non-hydrogen) atoms. The topological polar surface area (TPSA) is 96.3 Å². The Labute approximate surface area is 203 Å². The molecule has 4 rings (SSSR count). The number of carbonyl (C=O) groups is 1. The lowest BCUT2D eigenvalue weighted by molar-refractivity contribution is -0.140. The first-order valence-corrected chi connectivity index (χ1v) is 11.2. The van der Waals surface area contributed by atoms with Crippen molar-refractivity contribution < 1.29 is 27.9 Å². The van der Waals surface area contributed by atoms with Crippen molar-refractivity contribution in [1.29, 1.82) is 0 Å². The molecule has 0 atom stereocenters. The highest BCUT2D eigenvalue weighted by Gasteiger charge is 2.14. The molecule has 0 saturated carbocycles. The van der Waals surface area contributed by atoms with Crippen LogP contribution in [-0.4, -0.2) is 23.8 Å². The molecule has 8 nitrogen and oxygen atoms in total. The summed E-state index contributed by atoms with van der Waals surface area (Å²) in [5.74, 6) is 2.10. The number of furan rings is 1. The maximum absolute atomic E-state index is 11.5. The minimum absolute atomic E-state index is 0.230. The second-order valence-electron chi connectivity index (χ2n) is 7.69. The minimum Gasteiger partial charge on any atom is -0.487 e. The van der Waals surface area contributed by atoms with Gasteiger partial charge in [-0.1, -0.05) is 47.6 Å². The van der Waals surface area contributed by atoms with Crippen molar-refractivity contribution in [2.45, 2.75) is 33.0 Å². The molecule has 0 radical (unpaired) electrons. The summed E-state index contributed by atoms with van der Waals surface area (Å²) < 4.78 is 21.6. The molecular formula is C27H26N2O6. The summed E-state index contributed by atoms with van der Waals surface area (Å²) in [6.07, 6.45) is 2.23. The Bertz CT molecular complexity index is 1240. The van der Waals surface area contributed by atoms with E-state index in [9.17, 15) is 4.79 Å². The molecule has 0 amide bonds. The van der Waals surface area contributed by atoms with Crippen molar-refractivity contribution in [3.8, 4) is 17.4 Å². The first-order valence-electron chi connectivity index (χ1n) is 11.2. The van der Waals surface area contributed by atoms with Gasteiger partial charge < -0.3 is 23.1 Å². The summed E-state index contributed by atoms with van der Waals surface area (Å²) in [5, 5.41) is 4.28. The van der Waals surface area contributed by atoms with E-state index < -0.39 is 0 Å². The van der Waals surface area contributed by atoms with Crippen molar-refractivity contribution in [3.63, 3.8) is 0 Å². The van der Waals surface area contributed by atoms with Crippen molar-refractivity contribution in [2.24, 2.45) is 5.16 Å². The van der Waals surface area contributed by atoms with Crippen molar-refractivity contribution >= 4 is 11.7 Å². The number of oxazole rings is 1. The van der Waals surface area contributed by atoms with E-state index in [2.05, 4.69) is 10.1 Å². The van der Waals surface area contributed by atoms with E-state index in [1.54, 1.807) is 18.4 Å². The van der Waals surface area contributed by atoms with Gasteiger partial charge in [0.2, 0.25) is 0 Å². The van der Waals surface area contributed by atoms with E-state index in [-0.39, 0.29) is 25.6 Å². The molecule has 4 aromatic rings. The zero-order valence-corrected chi connectivity index (χ0v) is 19.6. The standard InChI is InChI=1S/C27H26N2O6/c1-19-24(28-27(35-19)25-9-6-16-32-25)18-33-22-12-10-20(11-13-22)17-34-29-23(14-15-26(30)31-2)21-7-4-3-5-8-21/h3-13,16H,14-15,17-18H2,1-2H3. The maximum atomic E-state index is 11.5.